The molecule has 13 nitrogen and oxygen atoms in total. The van der Waals surface area contributed by atoms with Gasteiger partial charge in [0, 0.05) is 44.4 Å². The number of ether oxygens (including phenoxy) is 5. The Balaban J connectivity index is 1.52. The third-order valence-electron chi connectivity index (χ3n) is 10.1. The highest BCUT2D eigenvalue weighted by Gasteiger charge is 2.67. The summed E-state index contributed by atoms with van der Waals surface area (Å²) in [6.45, 7) is 7.10. The Kier molecular flexibility index (Phi) is 14.5. The second-order valence-corrected chi connectivity index (χ2v) is 14.3. The lowest BCUT2D eigenvalue weighted by Gasteiger charge is -2.45. The van der Waals surface area contributed by atoms with Crippen LogP contribution in [0.25, 0.3) is 0 Å². The van der Waals surface area contributed by atoms with Gasteiger partial charge in [-0.1, -0.05) is 62.5 Å². The number of carbonyl (C=O) groups is 2. The Labute approximate surface area is 294 Å². The van der Waals surface area contributed by atoms with Crippen molar-refractivity contribution in [2.45, 2.75) is 158 Å². The second kappa shape index (κ2) is 18.0. The zero-order valence-electron chi connectivity index (χ0n) is 29.6. The van der Waals surface area contributed by atoms with Crippen molar-refractivity contribution in [3.63, 3.8) is 0 Å². The number of fused-ring (bicyclic) bond motifs is 3. The van der Waals surface area contributed by atoms with Gasteiger partial charge >= 0.3 is 5.97 Å². The Morgan fingerprint density at radius 2 is 1.66 bits per heavy atom. The van der Waals surface area contributed by atoms with Gasteiger partial charge in [-0.25, -0.2) is 0 Å². The van der Waals surface area contributed by atoms with E-state index in [1.807, 2.05) is 24.3 Å². The van der Waals surface area contributed by atoms with Gasteiger partial charge < -0.3 is 49.2 Å². The third-order valence-corrected chi connectivity index (χ3v) is 10.1. The fourth-order valence-electron chi connectivity index (χ4n) is 6.94. The number of epoxide rings is 1. The molecule has 14 atom stereocenters. The maximum Gasteiger partial charge on any atom is 0.311 e. The molecule has 0 aliphatic carbocycles. The first-order valence-corrected chi connectivity index (χ1v) is 17.9. The lowest BCUT2D eigenvalue weighted by molar-refractivity contribution is -0.305. The average molecular weight is 708 g/mol. The van der Waals surface area contributed by atoms with E-state index < -0.39 is 90.5 Å². The molecule has 0 saturated carbocycles. The van der Waals surface area contributed by atoms with Crippen molar-refractivity contribution in [3.8, 4) is 0 Å². The fourth-order valence-corrected chi connectivity index (χ4v) is 6.94. The number of aliphatic hydroxyl groups excluding tert-OH is 4. The zero-order chi connectivity index (χ0) is 36.6. The molecule has 6 unspecified atom stereocenters. The number of nitrogens with two attached hydrogens (primary N) is 1. The topological polar surface area (TPSA) is 211 Å². The lowest BCUT2D eigenvalue weighted by Crippen LogP contribution is -2.57. The largest absolute Gasteiger partial charge is 0.462 e. The minimum absolute atomic E-state index is 0.0687. The summed E-state index contributed by atoms with van der Waals surface area (Å²) in [6, 6.07) is 0. The highest BCUT2D eigenvalue weighted by molar-refractivity contribution is 5.80. The van der Waals surface area contributed by atoms with Crippen molar-refractivity contribution in [2.24, 2.45) is 17.6 Å². The van der Waals surface area contributed by atoms with E-state index in [0.29, 0.717) is 12.8 Å². The lowest BCUT2D eigenvalue weighted by atomic mass is 9.84. The first kappa shape index (κ1) is 40.5. The molecule has 3 saturated heterocycles. The van der Waals surface area contributed by atoms with Crippen LogP contribution in [0.15, 0.2) is 48.6 Å². The number of aliphatic hydroxyl groups is 5. The van der Waals surface area contributed by atoms with Gasteiger partial charge in [0.15, 0.2) is 17.8 Å². The molecule has 0 amide bonds. The molecule has 4 heterocycles. The van der Waals surface area contributed by atoms with Crippen LogP contribution in [0.1, 0.15) is 85.5 Å². The number of cyclic esters (lactones) is 1. The van der Waals surface area contributed by atoms with Crippen LogP contribution < -0.4 is 5.73 Å². The highest BCUT2D eigenvalue weighted by Crippen LogP contribution is 2.45. The molecule has 4 aliphatic rings. The predicted octanol–water partition coefficient (Wildman–Crippen LogP) is 2.22. The molecule has 0 aromatic heterocycles. The van der Waals surface area contributed by atoms with E-state index in [9.17, 15) is 35.1 Å². The fraction of sp³-hybridized carbons (Fsp3) is 0.730. The Hall–Kier alpha value is -2.30. The van der Waals surface area contributed by atoms with E-state index in [2.05, 4.69) is 0 Å². The molecule has 0 radical (unpaired) electrons. The maximum atomic E-state index is 12.8. The van der Waals surface area contributed by atoms with Crippen molar-refractivity contribution < 1.29 is 58.8 Å². The van der Waals surface area contributed by atoms with E-state index >= 15 is 0 Å². The summed E-state index contributed by atoms with van der Waals surface area (Å²) in [7, 11) is 0. The van der Waals surface area contributed by atoms with Gasteiger partial charge in [-0.3, -0.25) is 15.3 Å². The SMILES string of the molecule is CC[C@@H]1C(=O)O[C@H](C)CC=CC=CC=CC=C[C@H](OC2OC(C)C3OC3(N)C2O)CC2O[C@](O)(C[C@@H](O)CCCC(=O)C[C@H]1O)C[C@H](O)[C@H]2C. The third kappa shape index (κ3) is 10.9. The van der Waals surface area contributed by atoms with E-state index in [1.165, 1.54) is 0 Å². The normalized spacial score (nSPS) is 44.4. The van der Waals surface area contributed by atoms with E-state index in [0.717, 1.165) is 0 Å². The molecular weight excluding hydrogens is 650 g/mol. The maximum absolute atomic E-state index is 12.8. The molecule has 282 valence electrons. The van der Waals surface area contributed by atoms with Gasteiger partial charge in [-0.15, -0.1) is 0 Å². The van der Waals surface area contributed by atoms with Crippen LogP contribution >= 0.6 is 0 Å². The number of esters is 1. The molecule has 4 aliphatic heterocycles. The summed E-state index contributed by atoms with van der Waals surface area (Å²) in [4.78, 5) is 25.4. The van der Waals surface area contributed by atoms with E-state index in [1.54, 1.807) is 52.0 Å². The molecule has 13 heteroatoms. The van der Waals surface area contributed by atoms with Crippen molar-refractivity contribution in [1.29, 1.82) is 0 Å². The molecule has 0 spiro atoms. The Bertz CT molecular complexity index is 1250. The Morgan fingerprint density at radius 1 is 0.960 bits per heavy atom. The number of allylic oxidation sites excluding steroid dienone is 6. The first-order chi connectivity index (χ1) is 23.7. The summed E-state index contributed by atoms with van der Waals surface area (Å²) < 4.78 is 29.3. The monoisotopic (exact) mass is 707 g/mol. The van der Waals surface area contributed by atoms with Crippen LogP contribution in [0.5, 0.6) is 0 Å². The second-order valence-electron chi connectivity index (χ2n) is 14.3. The van der Waals surface area contributed by atoms with Crippen LogP contribution in [-0.2, 0) is 33.3 Å². The average Bonchev–Trinajstić information content (AvgIpc) is 3.74. The van der Waals surface area contributed by atoms with Crippen LogP contribution in [0.2, 0.25) is 0 Å². The molecule has 50 heavy (non-hydrogen) atoms. The minimum Gasteiger partial charge on any atom is -0.462 e. The Morgan fingerprint density at radius 3 is 2.38 bits per heavy atom. The van der Waals surface area contributed by atoms with Crippen LogP contribution in [0, 0.1) is 11.8 Å². The van der Waals surface area contributed by atoms with Crippen molar-refractivity contribution in [2.75, 3.05) is 0 Å². The van der Waals surface area contributed by atoms with Crippen molar-refractivity contribution >= 4 is 11.8 Å². The molecular formula is C37H57NO12. The number of hydrogen-bond acceptors (Lipinski definition) is 13. The van der Waals surface area contributed by atoms with Crippen LogP contribution in [-0.4, -0.2) is 110 Å². The number of ketones is 1. The van der Waals surface area contributed by atoms with E-state index in [-0.39, 0.29) is 50.7 Å². The summed E-state index contributed by atoms with van der Waals surface area (Å²) >= 11 is 0. The summed E-state index contributed by atoms with van der Waals surface area (Å²) in [5, 5.41) is 54.8. The predicted molar refractivity (Wildman–Crippen MR) is 182 cm³/mol. The zero-order valence-corrected chi connectivity index (χ0v) is 29.6. The van der Waals surface area contributed by atoms with Gasteiger partial charge in [0.2, 0.25) is 0 Å². The van der Waals surface area contributed by atoms with E-state index in [4.69, 9.17) is 29.4 Å². The van der Waals surface area contributed by atoms with Gasteiger partial charge in [0.05, 0.1) is 42.5 Å². The van der Waals surface area contributed by atoms with Gasteiger partial charge in [0.25, 0.3) is 0 Å². The van der Waals surface area contributed by atoms with Gasteiger partial charge in [0.1, 0.15) is 24.1 Å². The molecule has 2 bridgehead atoms. The quantitative estimate of drug-likeness (QED) is 0.184. The van der Waals surface area contributed by atoms with Crippen LogP contribution in [0.4, 0.5) is 0 Å². The molecule has 0 aromatic rings. The van der Waals surface area contributed by atoms with Gasteiger partial charge in [-0.05, 0) is 33.1 Å². The summed E-state index contributed by atoms with van der Waals surface area (Å²) in [6.07, 6.45) is 7.08. The molecule has 0 aromatic carbocycles. The molecule has 7 N–H and O–H groups in total. The standard InChI is InChI=1S/C37H57NO12/c1-5-28-29(41)18-25(39)15-13-16-26(40)20-36(45)21-30(42)23(3)31(49-36)19-27(48-35-32(43)37(38)33(50-37)24(4)47-35)17-12-10-8-6-7-9-11-14-22(2)46-34(28)44/h6-12,17,22-24,26-33,35,40-43,45H,5,13-16,18-21,38H2,1-4H3/t22-,23-,24?,26+,27+,28+,29-,30+,31?,32?,33?,35?,36-,37?/m1/s1. The number of Topliss-reactive ketones (excluding diaryl/α,β-unsaturated/α-hetero) is 1. The number of carbonyl (C=O) groups excluding carboxylic acids is 2. The van der Waals surface area contributed by atoms with Crippen molar-refractivity contribution in [1.82, 2.24) is 0 Å². The molecule has 3 fully saturated rings. The molecule has 4 rings (SSSR count). The first-order valence-electron chi connectivity index (χ1n) is 17.9. The smallest absolute Gasteiger partial charge is 0.311 e. The number of rotatable bonds is 3. The minimum atomic E-state index is -1.86. The summed E-state index contributed by atoms with van der Waals surface area (Å²) in [5.41, 5.74) is 4.96. The highest BCUT2D eigenvalue weighted by atomic mass is 16.7. The number of hydrogen-bond donors (Lipinski definition) is 6. The van der Waals surface area contributed by atoms with Gasteiger partial charge in [-0.2, -0.15) is 0 Å². The van der Waals surface area contributed by atoms with Crippen LogP contribution in [0.3, 0.4) is 0 Å². The summed E-state index contributed by atoms with van der Waals surface area (Å²) in [5.74, 6) is -3.91. The van der Waals surface area contributed by atoms with Crippen molar-refractivity contribution in [3.05, 3.63) is 48.6 Å².